The van der Waals surface area contributed by atoms with Gasteiger partial charge < -0.3 is 10.1 Å². The van der Waals surface area contributed by atoms with Gasteiger partial charge in [0.25, 0.3) is 0 Å². The van der Waals surface area contributed by atoms with Gasteiger partial charge in [0, 0.05) is 12.6 Å². The SMILES string of the molecule is C[C@@H]1C[C@H](OC(F)F)CN1. The maximum absolute atomic E-state index is 11.6. The van der Waals surface area contributed by atoms with Crippen molar-refractivity contribution in [2.24, 2.45) is 0 Å². The maximum atomic E-state index is 11.6. The van der Waals surface area contributed by atoms with Crippen LogP contribution in [0.3, 0.4) is 0 Å². The summed E-state index contributed by atoms with van der Waals surface area (Å²) in [5.41, 5.74) is 0. The number of rotatable bonds is 2. The molecule has 10 heavy (non-hydrogen) atoms. The van der Waals surface area contributed by atoms with Crippen LogP contribution in [0.5, 0.6) is 0 Å². The van der Waals surface area contributed by atoms with E-state index in [9.17, 15) is 8.78 Å². The molecular weight excluding hydrogens is 140 g/mol. The Labute approximate surface area is 58.6 Å². The van der Waals surface area contributed by atoms with E-state index < -0.39 is 6.61 Å². The average molecular weight is 151 g/mol. The Morgan fingerprint density at radius 2 is 2.30 bits per heavy atom. The molecule has 1 rings (SSSR count). The van der Waals surface area contributed by atoms with E-state index >= 15 is 0 Å². The first-order valence-corrected chi connectivity index (χ1v) is 3.35. The molecular formula is C6H11F2NO. The van der Waals surface area contributed by atoms with Crippen LogP contribution in [-0.4, -0.2) is 25.3 Å². The molecule has 4 heteroatoms. The van der Waals surface area contributed by atoms with Crippen molar-refractivity contribution in [3.05, 3.63) is 0 Å². The van der Waals surface area contributed by atoms with Crippen LogP contribution in [0.25, 0.3) is 0 Å². The van der Waals surface area contributed by atoms with Gasteiger partial charge in [0.1, 0.15) is 0 Å². The monoisotopic (exact) mass is 151 g/mol. The Hall–Kier alpha value is -0.220. The molecule has 1 aliphatic heterocycles. The van der Waals surface area contributed by atoms with E-state index in [0.29, 0.717) is 19.0 Å². The zero-order valence-electron chi connectivity index (χ0n) is 5.81. The number of ether oxygens (including phenoxy) is 1. The molecule has 1 aliphatic rings. The van der Waals surface area contributed by atoms with Gasteiger partial charge in [0.2, 0.25) is 0 Å². The van der Waals surface area contributed by atoms with Crippen molar-refractivity contribution in [1.82, 2.24) is 5.32 Å². The Kier molecular flexibility index (Phi) is 2.56. The first-order chi connectivity index (χ1) is 4.68. The Balaban J connectivity index is 2.18. The predicted molar refractivity (Wildman–Crippen MR) is 33.0 cm³/mol. The number of nitrogens with one attached hydrogen (secondary N) is 1. The summed E-state index contributed by atoms with van der Waals surface area (Å²) < 4.78 is 27.4. The third kappa shape index (κ3) is 2.19. The lowest BCUT2D eigenvalue weighted by Crippen LogP contribution is -2.20. The summed E-state index contributed by atoms with van der Waals surface area (Å²) >= 11 is 0. The second-order valence-corrected chi connectivity index (χ2v) is 2.56. The standard InChI is InChI=1S/C6H11F2NO/c1-4-2-5(3-9-4)10-6(7)8/h4-6,9H,2-3H2,1H3/t4-,5+/m1/s1. The van der Waals surface area contributed by atoms with Crippen LogP contribution in [0.1, 0.15) is 13.3 Å². The van der Waals surface area contributed by atoms with Crippen LogP contribution in [0.2, 0.25) is 0 Å². The summed E-state index contributed by atoms with van der Waals surface area (Å²) in [6.45, 7) is -0.127. The van der Waals surface area contributed by atoms with Gasteiger partial charge in [-0.25, -0.2) is 0 Å². The zero-order valence-corrected chi connectivity index (χ0v) is 5.81. The highest BCUT2D eigenvalue weighted by atomic mass is 19.3. The highest BCUT2D eigenvalue weighted by Crippen LogP contribution is 2.12. The van der Waals surface area contributed by atoms with Gasteiger partial charge in [-0.1, -0.05) is 0 Å². The van der Waals surface area contributed by atoms with E-state index in [1.807, 2.05) is 6.92 Å². The minimum Gasteiger partial charge on any atom is -0.318 e. The van der Waals surface area contributed by atoms with Crippen LogP contribution in [0.4, 0.5) is 8.78 Å². The van der Waals surface area contributed by atoms with Crippen molar-refractivity contribution in [1.29, 1.82) is 0 Å². The molecule has 2 atom stereocenters. The van der Waals surface area contributed by atoms with Crippen LogP contribution in [-0.2, 0) is 4.74 Å². The van der Waals surface area contributed by atoms with Gasteiger partial charge >= 0.3 is 6.61 Å². The topological polar surface area (TPSA) is 21.3 Å². The van der Waals surface area contributed by atoms with E-state index in [-0.39, 0.29) is 6.10 Å². The largest absolute Gasteiger partial charge is 0.345 e. The summed E-state index contributed by atoms with van der Waals surface area (Å²) in [7, 11) is 0. The van der Waals surface area contributed by atoms with Gasteiger partial charge in [-0.05, 0) is 13.3 Å². The van der Waals surface area contributed by atoms with Crippen molar-refractivity contribution in [3.8, 4) is 0 Å². The molecule has 0 aromatic rings. The van der Waals surface area contributed by atoms with E-state index in [0.717, 1.165) is 0 Å². The summed E-state index contributed by atoms with van der Waals surface area (Å²) in [6, 6.07) is 0.309. The highest BCUT2D eigenvalue weighted by molar-refractivity contribution is 4.78. The molecule has 0 aromatic carbocycles. The molecule has 60 valence electrons. The van der Waals surface area contributed by atoms with Gasteiger partial charge in [-0.2, -0.15) is 8.78 Å². The van der Waals surface area contributed by atoms with Crippen molar-refractivity contribution < 1.29 is 13.5 Å². The summed E-state index contributed by atoms with van der Waals surface area (Å²) in [5, 5.41) is 3.02. The molecule has 1 N–H and O–H groups in total. The lowest BCUT2D eigenvalue weighted by Gasteiger charge is -2.07. The molecule has 1 fully saturated rings. The van der Waals surface area contributed by atoms with Crippen LogP contribution in [0, 0.1) is 0 Å². The summed E-state index contributed by atoms with van der Waals surface area (Å²) in [5.74, 6) is 0. The maximum Gasteiger partial charge on any atom is 0.345 e. The lowest BCUT2D eigenvalue weighted by molar-refractivity contribution is -0.157. The lowest BCUT2D eigenvalue weighted by atomic mass is 10.2. The minimum absolute atomic E-state index is 0.296. The Morgan fingerprint density at radius 3 is 2.70 bits per heavy atom. The van der Waals surface area contributed by atoms with Crippen molar-refractivity contribution in [2.45, 2.75) is 32.1 Å². The second-order valence-electron chi connectivity index (χ2n) is 2.56. The van der Waals surface area contributed by atoms with Crippen molar-refractivity contribution >= 4 is 0 Å². The van der Waals surface area contributed by atoms with Gasteiger partial charge in [-0.15, -0.1) is 0 Å². The first kappa shape index (κ1) is 7.88. The van der Waals surface area contributed by atoms with Crippen molar-refractivity contribution in [3.63, 3.8) is 0 Å². The molecule has 0 unspecified atom stereocenters. The fourth-order valence-corrected chi connectivity index (χ4v) is 1.14. The summed E-state index contributed by atoms with van der Waals surface area (Å²) in [6.07, 6.45) is 0.389. The second kappa shape index (κ2) is 3.25. The Morgan fingerprint density at radius 1 is 1.60 bits per heavy atom. The fraction of sp³-hybridized carbons (Fsp3) is 1.00. The molecule has 0 amide bonds. The molecule has 0 aliphatic carbocycles. The summed E-state index contributed by atoms with van der Waals surface area (Å²) in [4.78, 5) is 0. The molecule has 2 nitrogen and oxygen atoms in total. The molecule has 1 saturated heterocycles. The Bertz CT molecular complexity index is 110. The molecule has 1 heterocycles. The normalized spacial score (nSPS) is 33.6. The van der Waals surface area contributed by atoms with Gasteiger partial charge in [-0.3, -0.25) is 0 Å². The fourth-order valence-electron chi connectivity index (χ4n) is 1.14. The van der Waals surface area contributed by atoms with E-state index in [2.05, 4.69) is 10.1 Å². The van der Waals surface area contributed by atoms with Crippen LogP contribution < -0.4 is 5.32 Å². The first-order valence-electron chi connectivity index (χ1n) is 3.35. The molecule has 0 saturated carbocycles. The van der Waals surface area contributed by atoms with Gasteiger partial charge in [0.15, 0.2) is 0 Å². The van der Waals surface area contributed by atoms with Crippen LogP contribution >= 0.6 is 0 Å². The average Bonchev–Trinajstić information content (AvgIpc) is 2.13. The van der Waals surface area contributed by atoms with Gasteiger partial charge in [0.05, 0.1) is 6.10 Å². The zero-order chi connectivity index (χ0) is 7.56. The third-order valence-corrected chi connectivity index (χ3v) is 1.61. The highest BCUT2D eigenvalue weighted by Gasteiger charge is 2.23. The number of hydrogen-bond donors (Lipinski definition) is 1. The number of alkyl halides is 2. The van der Waals surface area contributed by atoms with E-state index in [1.165, 1.54) is 0 Å². The van der Waals surface area contributed by atoms with E-state index in [1.54, 1.807) is 0 Å². The number of hydrogen-bond acceptors (Lipinski definition) is 2. The molecule has 0 aromatic heterocycles. The third-order valence-electron chi connectivity index (χ3n) is 1.61. The minimum atomic E-state index is -2.63. The smallest absolute Gasteiger partial charge is 0.318 e. The van der Waals surface area contributed by atoms with E-state index in [4.69, 9.17) is 0 Å². The molecule has 0 bridgehead atoms. The quantitative estimate of drug-likeness (QED) is 0.635. The van der Waals surface area contributed by atoms with Crippen LogP contribution in [0.15, 0.2) is 0 Å². The predicted octanol–water partition coefficient (Wildman–Crippen LogP) is 0.976. The number of halogens is 2. The molecule has 0 spiro atoms. The van der Waals surface area contributed by atoms with Crippen molar-refractivity contribution in [2.75, 3.05) is 6.54 Å². The molecule has 0 radical (unpaired) electrons.